The van der Waals surface area contributed by atoms with E-state index in [0.29, 0.717) is 11.6 Å². The average molecular weight is 244 g/mol. The lowest BCUT2D eigenvalue weighted by molar-refractivity contribution is -0.137. The Morgan fingerprint density at radius 2 is 1.88 bits per heavy atom. The van der Waals surface area contributed by atoms with Crippen LogP contribution in [0, 0.1) is 0 Å². The van der Waals surface area contributed by atoms with Crippen molar-refractivity contribution in [1.82, 2.24) is 15.0 Å². The van der Waals surface area contributed by atoms with E-state index >= 15 is 0 Å². The normalized spacial score (nSPS) is 12.3. The van der Waals surface area contributed by atoms with Crippen LogP contribution in [0.3, 0.4) is 0 Å². The van der Waals surface area contributed by atoms with Gasteiger partial charge in [-0.15, -0.1) is 0 Å². The van der Waals surface area contributed by atoms with Gasteiger partial charge in [-0.05, 0) is 0 Å². The molecule has 0 aromatic carbocycles. The molecule has 0 radical (unpaired) electrons. The standard InChI is InChI=1S/C7H12N6O2S/c8-3(5(14)15)1-16-2-4-11-6(9)13-7(10)12-4/h3H,1-2,8H2,(H,14,15)(H4,9,10,11,12,13)/t3-/m0/s1. The van der Waals surface area contributed by atoms with Crippen LogP contribution in [0.5, 0.6) is 0 Å². The molecule has 0 fully saturated rings. The average Bonchev–Trinajstić information content (AvgIpc) is 2.15. The van der Waals surface area contributed by atoms with Crippen molar-refractivity contribution in [1.29, 1.82) is 0 Å². The van der Waals surface area contributed by atoms with Crippen molar-refractivity contribution in [2.45, 2.75) is 11.8 Å². The molecule has 0 amide bonds. The number of aliphatic carboxylic acids is 1. The summed E-state index contributed by atoms with van der Waals surface area (Å²) in [7, 11) is 0. The van der Waals surface area contributed by atoms with E-state index in [9.17, 15) is 4.79 Å². The fraction of sp³-hybridized carbons (Fsp3) is 0.429. The zero-order valence-electron chi connectivity index (χ0n) is 8.33. The van der Waals surface area contributed by atoms with Gasteiger partial charge in [-0.1, -0.05) is 0 Å². The van der Waals surface area contributed by atoms with Crippen LogP contribution in [0.1, 0.15) is 5.82 Å². The molecule has 0 saturated carbocycles. The maximum atomic E-state index is 10.4. The fourth-order valence-electron chi connectivity index (χ4n) is 0.870. The molecule has 88 valence electrons. The summed E-state index contributed by atoms with van der Waals surface area (Å²) in [5, 5.41) is 8.55. The smallest absolute Gasteiger partial charge is 0.321 e. The van der Waals surface area contributed by atoms with E-state index in [2.05, 4.69) is 15.0 Å². The van der Waals surface area contributed by atoms with Crippen molar-refractivity contribution in [3.8, 4) is 0 Å². The van der Waals surface area contributed by atoms with Crippen LogP contribution in [0.2, 0.25) is 0 Å². The molecule has 16 heavy (non-hydrogen) atoms. The number of carboxylic acids is 1. The van der Waals surface area contributed by atoms with Gasteiger partial charge in [0.05, 0.1) is 5.75 Å². The highest BCUT2D eigenvalue weighted by Gasteiger charge is 2.11. The number of nitrogens with zero attached hydrogens (tertiary/aromatic N) is 3. The first-order chi connectivity index (χ1) is 7.49. The number of nitrogen functional groups attached to an aromatic ring is 2. The molecule has 1 aromatic rings. The van der Waals surface area contributed by atoms with Crippen LogP contribution in [-0.2, 0) is 10.5 Å². The second-order valence-electron chi connectivity index (χ2n) is 2.93. The molecule has 0 saturated heterocycles. The lowest BCUT2D eigenvalue weighted by atomic mass is 10.4. The van der Waals surface area contributed by atoms with E-state index < -0.39 is 12.0 Å². The Labute approximate surface area is 95.6 Å². The number of nitrogens with two attached hydrogens (primary N) is 3. The van der Waals surface area contributed by atoms with Gasteiger partial charge in [0, 0.05) is 5.75 Å². The molecule has 0 aliphatic carbocycles. The van der Waals surface area contributed by atoms with Crippen molar-refractivity contribution in [3.05, 3.63) is 5.82 Å². The van der Waals surface area contributed by atoms with Crippen molar-refractivity contribution >= 4 is 29.6 Å². The zero-order valence-corrected chi connectivity index (χ0v) is 9.15. The van der Waals surface area contributed by atoms with Gasteiger partial charge in [-0.3, -0.25) is 4.79 Å². The summed E-state index contributed by atoms with van der Waals surface area (Å²) in [4.78, 5) is 21.7. The van der Waals surface area contributed by atoms with Gasteiger partial charge in [0.15, 0.2) is 0 Å². The predicted molar refractivity (Wildman–Crippen MR) is 60.4 cm³/mol. The minimum absolute atomic E-state index is 0.0469. The van der Waals surface area contributed by atoms with Crippen molar-refractivity contribution < 1.29 is 9.90 Å². The first-order valence-corrected chi connectivity index (χ1v) is 5.46. The second-order valence-corrected chi connectivity index (χ2v) is 3.96. The third kappa shape index (κ3) is 3.87. The van der Waals surface area contributed by atoms with Gasteiger partial charge in [0.25, 0.3) is 0 Å². The molecule has 9 heteroatoms. The van der Waals surface area contributed by atoms with E-state index in [0.717, 1.165) is 0 Å². The number of rotatable bonds is 5. The van der Waals surface area contributed by atoms with Gasteiger partial charge < -0.3 is 22.3 Å². The Balaban J connectivity index is 2.46. The van der Waals surface area contributed by atoms with Gasteiger partial charge >= 0.3 is 5.97 Å². The van der Waals surface area contributed by atoms with E-state index in [4.69, 9.17) is 22.3 Å². The van der Waals surface area contributed by atoms with Gasteiger partial charge in [-0.25, -0.2) is 0 Å². The molecule has 0 aliphatic rings. The third-order valence-corrected chi connectivity index (χ3v) is 2.62. The van der Waals surface area contributed by atoms with Crippen LogP contribution in [0.4, 0.5) is 11.9 Å². The summed E-state index contributed by atoms with van der Waals surface area (Å²) in [5.41, 5.74) is 16.1. The molecule has 1 heterocycles. The Morgan fingerprint density at radius 3 is 2.38 bits per heavy atom. The van der Waals surface area contributed by atoms with E-state index in [1.807, 2.05) is 0 Å². The second kappa shape index (κ2) is 5.47. The topological polar surface area (TPSA) is 154 Å². The SMILES string of the molecule is Nc1nc(N)nc(CSC[C@H](N)C(=O)O)n1. The quantitative estimate of drug-likeness (QED) is 0.493. The van der Waals surface area contributed by atoms with Crippen molar-refractivity contribution in [2.75, 3.05) is 17.2 Å². The summed E-state index contributed by atoms with van der Waals surface area (Å²) in [6, 6.07) is -0.901. The lowest BCUT2D eigenvalue weighted by Gasteiger charge is -2.05. The number of hydrogen-bond donors (Lipinski definition) is 4. The number of hydrogen-bond acceptors (Lipinski definition) is 8. The van der Waals surface area contributed by atoms with Crippen LogP contribution < -0.4 is 17.2 Å². The Morgan fingerprint density at radius 1 is 1.31 bits per heavy atom. The summed E-state index contributed by atoms with van der Waals surface area (Å²) in [5.74, 6) is 0.115. The van der Waals surface area contributed by atoms with Crippen molar-refractivity contribution in [3.63, 3.8) is 0 Å². The largest absolute Gasteiger partial charge is 0.480 e. The molecule has 0 aliphatic heterocycles. The maximum Gasteiger partial charge on any atom is 0.321 e. The third-order valence-electron chi connectivity index (χ3n) is 1.56. The molecule has 1 aromatic heterocycles. The molecule has 0 unspecified atom stereocenters. The molecule has 1 atom stereocenters. The van der Waals surface area contributed by atoms with E-state index in [1.165, 1.54) is 11.8 Å². The number of carbonyl (C=O) groups is 1. The molecule has 7 N–H and O–H groups in total. The molecule has 0 spiro atoms. The van der Waals surface area contributed by atoms with Crippen LogP contribution >= 0.6 is 11.8 Å². The Bertz CT molecular complexity index is 367. The summed E-state index contributed by atoms with van der Waals surface area (Å²) in [6.07, 6.45) is 0. The number of thioether (sulfide) groups is 1. The molecular weight excluding hydrogens is 232 g/mol. The van der Waals surface area contributed by atoms with Crippen LogP contribution in [0.15, 0.2) is 0 Å². The number of carboxylic acid groups (broad SMARTS) is 1. The van der Waals surface area contributed by atoms with Gasteiger partial charge in [-0.2, -0.15) is 26.7 Å². The molecular formula is C7H12N6O2S. The minimum Gasteiger partial charge on any atom is -0.480 e. The monoisotopic (exact) mass is 244 g/mol. The highest BCUT2D eigenvalue weighted by atomic mass is 32.2. The predicted octanol–water partition coefficient (Wildman–Crippen LogP) is -1.32. The van der Waals surface area contributed by atoms with Crippen LogP contribution in [0.25, 0.3) is 0 Å². The molecule has 0 bridgehead atoms. The maximum absolute atomic E-state index is 10.4. The zero-order chi connectivity index (χ0) is 12.1. The Hall–Kier alpha value is -1.61. The lowest BCUT2D eigenvalue weighted by Crippen LogP contribution is -2.32. The highest BCUT2D eigenvalue weighted by Crippen LogP contribution is 2.10. The van der Waals surface area contributed by atoms with Crippen molar-refractivity contribution in [2.24, 2.45) is 5.73 Å². The van der Waals surface area contributed by atoms with Gasteiger partial charge in [0.2, 0.25) is 11.9 Å². The number of aromatic nitrogens is 3. The summed E-state index contributed by atoms with van der Waals surface area (Å²) < 4.78 is 0. The molecule has 1 rings (SSSR count). The van der Waals surface area contributed by atoms with E-state index in [-0.39, 0.29) is 17.6 Å². The fourth-order valence-corrected chi connectivity index (χ4v) is 1.70. The molecule has 8 nitrogen and oxygen atoms in total. The van der Waals surface area contributed by atoms with Gasteiger partial charge in [0.1, 0.15) is 11.9 Å². The minimum atomic E-state index is -1.04. The summed E-state index contributed by atoms with van der Waals surface area (Å²) >= 11 is 1.29. The first kappa shape index (κ1) is 12.5. The first-order valence-electron chi connectivity index (χ1n) is 4.31. The summed E-state index contributed by atoms with van der Waals surface area (Å²) in [6.45, 7) is 0. The van der Waals surface area contributed by atoms with Crippen LogP contribution in [-0.4, -0.2) is 37.8 Å². The Kier molecular flexibility index (Phi) is 4.26. The van der Waals surface area contributed by atoms with E-state index in [1.54, 1.807) is 0 Å². The number of anilines is 2. The highest BCUT2D eigenvalue weighted by molar-refractivity contribution is 7.98.